The number of anilines is 1. The molecule has 160 valence electrons. The molecule has 0 aromatic carbocycles. The maximum absolute atomic E-state index is 12.7. The van der Waals surface area contributed by atoms with Gasteiger partial charge in [-0.05, 0) is 24.8 Å². The summed E-state index contributed by atoms with van der Waals surface area (Å²) >= 11 is 0. The summed E-state index contributed by atoms with van der Waals surface area (Å²) in [5.41, 5.74) is 6.53. The van der Waals surface area contributed by atoms with E-state index in [4.69, 9.17) is 10.7 Å². The fraction of sp³-hybridized carbons (Fsp3) is 0.550. The number of carbonyl (C=O) groups excluding carboxylic acids is 1. The van der Waals surface area contributed by atoms with Gasteiger partial charge in [-0.2, -0.15) is 0 Å². The van der Waals surface area contributed by atoms with Gasteiger partial charge in [0.25, 0.3) is 0 Å². The Balaban J connectivity index is 1.43. The van der Waals surface area contributed by atoms with E-state index in [0.717, 1.165) is 25.3 Å². The van der Waals surface area contributed by atoms with Crippen molar-refractivity contribution in [3.05, 3.63) is 24.3 Å². The number of pyridine rings is 1. The molecule has 0 radical (unpaired) electrons. The van der Waals surface area contributed by atoms with E-state index in [-0.39, 0.29) is 17.8 Å². The molecule has 7 nitrogen and oxygen atoms in total. The molecule has 30 heavy (non-hydrogen) atoms. The molecule has 3 aliphatic rings. The molecular weight excluding hydrogens is 399 g/mol. The quantitative estimate of drug-likeness (QED) is 0.802. The number of carbonyl (C=O) groups is 1. The fourth-order valence-corrected chi connectivity index (χ4v) is 4.53. The lowest BCUT2D eigenvalue weighted by molar-refractivity contribution is -0.274. The third-order valence-electron chi connectivity index (χ3n) is 6.30. The van der Waals surface area contributed by atoms with E-state index < -0.39 is 12.1 Å². The molecule has 5 rings (SSSR count). The van der Waals surface area contributed by atoms with E-state index in [1.54, 1.807) is 6.92 Å². The van der Waals surface area contributed by atoms with Crippen molar-refractivity contribution in [3.63, 3.8) is 0 Å². The van der Waals surface area contributed by atoms with Crippen molar-refractivity contribution in [2.24, 2.45) is 17.8 Å². The van der Waals surface area contributed by atoms with Gasteiger partial charge >= 0.3 is 6.36 Å². The van der Waals surface area contributed by atoms with Gasteiger partial charge in [0, 0.05) is 62.3 Å². The number of alkyl halides is 3. The molecule has 10 heteroatoms. The zero-order valence-corrected chi connectivity index (χ0v) is 16.4. The SMILES string of the molecule is CC(=O)N1C[C@@H]2[C@H](C1)[C@@H]2n1cc(-c2cnc(N)c(OC(F)(F)F)c2)nc1CC1CC1. The maximum atomic E-state index is 12.7. The van der Waals surface area contributed by atoms with E-state index in [0.29, 0.717) is 29.0 Å². The van der Waals surface area contributed by atoms with Crippen molar-refractivity contribution in [2.75, 3.05) is 18.8 Å². The van der Waals surface area contributed by atoms with Gasteiger partial charge in [0.1, 0.15) is 5.82 Å². The number of aromatic nitrogens is 3. The highest BCUT2D eigenvalue weighted by Gasteiger charge is 2.58. The van der Waals surface area contributed by atoms with Crippen molar-refractivity contribution in [1.29, 1.82) is 0 Å². The number of likely N-dealkylation sites (tertiary alicyclic amines) is 1. The molecule has 2 saturated carbocycles. The number of rotatable bonds is 5. The van der Waals surface area contributed by atoms with Crippen molar-refractivity contribution < 1.29 is 22.7 Å². The number of hydrogen-bond donors (Lipinski definition) is 1. The summed E-state index contributed by atoms with van der Waals surface area (Å²) in [7, 11) is 0. The largest absolute Gasteiger partial charge is 0.573 e. The van der Waals surface area contributed by atoms with Crippen LogP contribution in [0.15, 0.2) is 18.5 Å². The van der Waals surface area contributed by atoms with Crippen LogP contribution in [-0.4, -0.2) is 44.8 Å². The van der Waals surface area contributed by atoms with E-state index in [2.05, 4.69) is 14.3 Å². The predicted octanol–water partition coefficient (Wildman–Crippen LogP) is 3.03. The molecule has 2 aliphatic carbocycles. The zero-order chi connectivity index (χ0) is 21.2. The lowest BCUT2D eigenvalue weighted by Crippen LogP contribution is -2.29. The molecule has 1 aliphatic heterocycles. The number of amides is 1. The van der Waals surface area contributed by atoms with Gasteiger partial charge in [-0.3, -0.25) is 4.79 Å². The summed E-state index contributed by atoms with van der Waals surface area (Å²) in [5.74, 6) is 1.60. The molecule has 2 N–H and O–H groups in total. The molecule has 3 heterocycles. The Bertz CT molecular complexity index is 989. The van der Waals surface area contributed by atoms with Crippen LogP contribution in [0, 0.1) is 17.8 Å². The molecule has 3 atom stereocenters. The van der Waals surface area contributed by atoms with E-state index in [1.807, 2.05) is 11.1 Å². The maximum Gasteiger partial charge on any atom is 0.573 e. The van der Waals surface area contributed by atoms with Crippen LogP contribution in [0.4, 0.5) is 19.0 Å². The number of nitrogens with zero attached hydrogens (tertiary/aromatic N) is 4. The van der Waals surface area contributed by atoms with Gasteiger partial charge in [0.15, 0.2) is 11.6 Å². The predicted molar refractivity (Wildman–Crippen MR) is 101 cm³/mol. The van der Waals surface area contributed by atoms with Gasteiger partial charge in [-0.15, -0.1) is 13.2 Å². The smallest absolute Gasteiger partial charge is 0.402 e. The Kier molecular flexibility index (Phi) is 4.23. The first-order chi connectivity index (χ1) is 14.2. The van der Waals surface area contributed by atoms with Crippen LogP contribution in [0.1, 0.15) is 31.6 Å². The number of halogens is 3. The molecule has 1 amide bonds. The highest BCUT2D eigenvalue weighted by Crippen LogP contribution is 2.56. The minimum Gasteiger partial charge on any atom is -0.402 e. The number of ether oxygens (including phenoxy) is 1. The first kappa shape index (κ1) is 19.2. The van der Waals surface area contributed by atoms with E-state index in [1.165, 1.54) is 25.1 Å². The Morgan fingerprint density at radius 3 is 2.60 bits per heavy atom. The molecule has 3 fully saturated rings. The first-order valence-corrected chi connectivity index (χ1v) is 10.0. The number of hydrogen-bond acceptors (Lipinski definition) is 5. The summed E-state index contributed by atoms with van der Waals surface area (Å²) in [6.07, 6.45) is 1.65. The van der Waals surface area contributed by atoms with Crippen molar-refractivity contribution in [1.82, 2.24) is 19.4 Å². The number of nitrogens with two attached hydrogens (primary N) is 1. The van der Waals surface area contributed by atoms with Crippen LogP contribution in [0.25, 0.3) is 11.3 Å². The number of fused-ring (bicyclic) bond motifs is 1. The molecule has 0 unspecified atom stereocenters. The summed E-state index contributed by atoms with van der Waals surface area (Å²) in [6.45, 7) is 3.07. The second-order valence-electron chi connectivity index (χ2n) is 8.49. The lowest BCUT2D eigenvalue weighted by atomic mass is 10.2. The fourth-order valence-electron chi connectivity index (χ4n) is 4.53. The standard InChI is InChI=1S/C20H22F3N5O2/c1-10(29)27-7-13-14(8-27)18(13)28-9-15(26-17(28)4-11-2-3-11)12-5-16(19(24)25-6-12)30-20(21,22)23/h5-6,9,11,13-14,18H,2-4,7-8H2,1H3,(H2,24,25)/t13-,14+,18-. The van der Waals surface area contributed by atoms with Crippen LogP contribution >= 0.6 is 0 Å². The van der Waals surface area contributed by atoms with Crippen molar-refractivity contribution in [3.8, 4) is 17.0 Å². The van der Waals surface area contributed by atoms with Gasteiger partial charge in [-0.25, -0.2) is 9.97 Å². The normalized spacial score (nSPS) is 25.3. The average Bonchev–Trinajstić information content (AvgIpc) is 3.50. The van der Waals surface area contributed by atoms with Crippen LogP contribution in [-0.2, 0) is 11.2 Å². The average molecular weight is 421 g/mol. The van der Waals surface area contributed by atoms with Crippen LogP contribution in [0.2, 0.25) is 0 Å². The third kappa shape index (κ3) is 3.59. The molecule has 0 spiro atoms. The molecule has 0 bridgehead atoms. The van der Waals surface area contributed by atoms with Gasteiger partial charge < -0.3 is 19.9 Å². The molecule has 2 aromatic heterocycles. The van der Waals surface area contributed by atoms with Crippen molar-refractivity contribution >= 4 is 11.7 Å². The monoisotopic (exact) mass is 421 g/mol. The van der Waals surface area contributed by atoms with E-state index >= 15 is 0 Å². The number of nitrogen functional groups attached to an aromatic ring is 1. The zero-order valence-electron chi connectivity index (χ0n) is 16.4. The second kappa shape index (κ2) is 6.61. The highest BCUT2D eigenvalue weighted by molar-refractivity contribution is 5.74. The summed E-state index contributed by atoms with van der Waals surface area (Å²) < 4.78 is 44.1. The summed E-state index contributed by atoms with van der Waals surface area (Å²) in [5, 5.41) is 0. The second-order valence-corrected chi connectivity index (χ2v) is 8.49. The lowest BCUT2D eigenvalue weighted by Gasteiger charge is -2.19. The van der Waals surface area contributed by atoms with Gasteiger partial charge in [-0.1, -0.05) is 0 Å². The molecule has 1 saturated heterocycles. The van der Waals surface area contributed by atoms with Crippen molar-refractivity contribution in [2.45, 2.75) is 38.6 Å². The minimum absolute atomic E-state index is 0.0932. The Hall–Kier alpha value is -2.78. The van der Waals surface area contributed by atoms with Gasteiger partial charge in [0.2, 0.25) is 5.91 Å². The Morgan fingerprint density at radius 2 is 2.00 bits per heavy atom. The van der Waals surface area contributed by atoms with Crippen LogP contribution in [0.3, 0.4) is 0 Å². The Morgan fingerprint density at radius 1 is 1.30 bits per heavy atom. The van der Waals surface area contributed by atoms with Crippen LogP contribution < -0.4 is 10.5 Å². The summed E-state index contributed by atoms with van der Waals surface area (Å²) in [6, 6.07) is 1.51. The first-order valence-electron chi connectivity index (χ1n) is 10.0. The topological polar surface area (TPSA) is 86.3 Å². The Labute approximate surface area is 171 Å². The van der Waals surface area contributed by atoms with Crippen LogP contribution in [0.5, 0.6) is 5.75 Å². The van der Waals surface area contributed by atoms with Gasteiger partial charge in [0.05, 0.1) is 5.69 Å². The highest BCUT2D eigenvalue weighted by atomic mass is 19.4. The molecule has 2 aromatic rings. The summed E-state index contributed by atoms with van der Waals surface area (Å²) in [4.78, 5) is 22.1. The minimum atomic E-state index is -4.85. The number of imidazole rings is 1. The molecular formula is C20H22F3N5O2. The number of piperidine rings is 1. The third-order valence-corrected chi connectivity index (χ3v) is 6.30. The van der Waals surface area contributed by atoms with E-state index in [9.17, 15) is 18.0 Å².